The fraction of sp³-hybridized carbons (Fsp3) is 0.333. The standard InChI is InChI=1S/C6H8P.Sc.H/c1-5-3-6(2)7-4-5;;/h3-4H,1-2H3;;/q-1;;-1. The van der Waals surface area contributed by atoms with Crippen molar-refractivity contribution in [2.24, 2.45) is 0 Å². The largest absolute Gasteiger partial charge is 1.00 e. The Morgan fingerprint density at radius 1 is 1.75 bits per heavy atom. The summed E-state index contributed by atoms with van der Waals surface area (Å²) in [4.78, 5) is 0. The molecule has 1 heterocycles. The Labute approximate surface area is 72.0 Å². The zero-order chi connectivity index (χ0) is 5.28. The van der Waals surface area contributed by atoms with Crippen LogP contribution in [0.5, 0.6) is 0 Å². The van der Waals surface area contributed by atoms with Crippen molar-refractivity contribution < 1.29 is 27.3 Å². The van der Waals surface area contributed by atoms with Gasteiger partial charge in [0, 0.05) is 25.8 Å². The third-order valence-corrected chi connectivity index (χ3v) is 1.98. The molecule has 0 unspecified atom stereocenters. The van der Waals surface area contributed by atoms with E-state index in [4.69, 9.17) is 0 Å². The average molecular weight is 157 g/mol. The first kappa shape index (κ1) is 8.65. The van der Waals surface area contributed by atoms with Crippen molar-refractivity contribution in [3.63, 3.8) is 0 Å². The van der Waals surface area contributed by atoms with Crippen molar-refractivity contribution in [1.29, 1.82) is 0 Å². The number of rotatable bonds is 0. The van der Waals surface area contributed by atoms with Gasteiger partial charge in [-0.1, -0.05) is 13.8 Å². The molecule has 0 nitrogen and oxygen atoms in total. The van der Waals surface area contributed by atoms with Gasteiger partial charge in [-0.3, -0.25) is 0 Å². The summed E-state index contributed by atoms with van der Waals surface area (Å²) in [6, 6.07) is 2.21. The van der Waals surface area contributed by atoms with Gasteiger partial charge in [-0.15, -0.1) is 5.30 Å². The van der Waals surface area contributed by atoms with Gasteiger partial charge in [0.15, 0.2) is 0 Å². The molecule has 0 aromatic carbocycles. The molecule has 2 heteroatoms. The Bertz CT molecular complexity index is 145. The van der Waals surface area contributed by atoms with E-state index in [1.165, 1.54) is 19.1 Å². The van der Waals surface area contributed by atoms with Gasteiger partial charge in [-0.05, 0) is 0 Å². The summed E-state index contributed by atoms with van der Waals surface area (Å²) in [7, 11) is 1.38. The van der Waals surface area contributed by atoms with Crippen LogP contribution in [-0.4, -0.2) is 0 Å². The van der Waals surface area contributed by atoms with E-state index >= 15 is 0 Å². The molecule has 1 aromatic rings. The summed E-state index contributed by atoms with van der Waals surface area (Å²) in [6.45, 7) is 4.28. The Balaban J connectivity index is 0. The van der Waals surface area contributed by atoms with Crippen LogP contribution in [0.1, 0.15) is 12.3 Å². The summed E-state index contributed by atoms with van der Waals surface area (Å²) < 4.78 is 0. The molecule has 0 aliphatic heterocycles. The second-order valence-corrected chi connectivity index (χ2v) is 3.01. The Morgan fingerprint density at radius 3 is 2.50 bits per heavy atom. The summed E-state index contributed by atoms with van der Waals surface area (Å²) in [6.07, 6.45) is 0. The van der Waals surface area contributed by atoms with Crippen LogP contribution in [0.15, 0.2) is 11.9 Å². The van der Waals surface area contributed by atoms with Gasteiger partial charge in [-0.2, -0.15) is 17.4 Å². The first-order valence-corrected chi connectivity index (χ1v) is 3.31. The second-order valence-electron chi connectivity index (χ2n) is 1.79. The van der Waals surface area contributed by atoms with Gasteiger partial charge in [0.1, 0.15) is 0 Å². The van der Waals surface area contributed by atoms with Crippen LogP contribution < -0.4 is 0 Å². The molecule has 0 bridgehead atoms. The predicted molar refractivity (Wildman–Crippen MR) is 35.1 cm³/mol. The first-order valence-electron chi connectivity index (χ1n) is 2.35. The molecule has 1 aromatic heterocycles. The van der Waals surface area contributed by atoms with Crippen LogP contribution in [-0.2, 0) is 25.8 Å². The third kappa shape index (κ3) is 2.28. The molecule has 0 N–H and O–H groups in total. The van der Waals surface area contributed by atoms with E-state index in [1.54, 1.807) is 0 Å². The van der Waals surface area contributed by atoms with E-state index in [-0.39, 0.29) is 27.3 Å². The third-order valence-electron chi connectivity index (χ3n) is 0.908. The smallest absolute Gasteiger partial charge is 0 e. The maximum atomic E-state index is 2.22. The quantitative estimate of drug-likeness (QED) is 0.508. The monoisotopic (exact) mass is 157 g/mol. The first-order chi connectivity index (χ1) is 3.29. The van der Waals surface area contributed by atoms with Gasteiger partial charge in [0.05, 0.1) is 0 Å². The molecule has 0 fully saturated rings. The van der Waals surface area contributed by atoms with Crippen molar-refractivity contribution in [3.8, 4) is 0 Å². The molecular weight excluding hydrogens is 148 g/mol. The second kappa shape index (κ2) is 3.63. The van der Waals surface area contributed by atoms with E-state index in [9.17, 15) is 0 Å². The van der Waals surface area contributed by atoms with Crippen LogP contribution in [0.25, 0.3) is 0 Å². The molecule has 43 valence electrons. The number of aryl methyl sites for hydroxylation is 2. The summed E-state index contributed by atoms with van der Waals surface area (Å²) in [5.41, 5.74) is 1.40. The molecule has 0 saturated heterocycles. The fourth-order valence-corrected chi connectivity index (χ4v) is 1.37. The minimum atomic E-state index is 0. The van der Waals surface area contributed by atoms with Crippen LogP contribution >= 0.6 is 8.19 Å². The van der Waals surface area contributed by atoms with E-state index in [2.05, 4.69) is 25.7 Å². The number of hydrogen-bond acceptors (Lipinski definition) is 0. The van der Waals surface area contributed by atoms with Crippen molar-refractivity contribution >= 4 is 8.19 Å². The summed E-state index contributed by atoms with van der Waals surface area (Å²) in [5.74, 6) is 2.22. The molecule has 1 rings (SSSR count). The van der Waals surface area contributed by atoms with Crippen molar-refractivity contribution in [2.45, 2.75) is 13.8 Å². The molecule has 1 radical (unpaired) electrons. The number of hydrogen-bond donors (Lipinski definition) is 0. The zero-order valence-electron chi connectivity index (χ0n) is 6.18. The molecule has 0 amide bonds. The molecule has 0 aliphatic rings. The van der Waals surface area contributed by atoms with Crippen molar-refractivity contribution in [2.75, 3.05) is 0 Å². The van der Waals surface area contributed by atoms with E-state index < -0.39 is 0 Å². The van der Waals surface area contributed by atoms with Gasteiger partial charge < -0.3 is 1.43 Å². The van der Waals surface area contributed by atoms with Crippen LogP contribution in [0.3, 0.4) is 0 Å². The van der Waals surface area contributed by atoms with E-state index in [0.717, 1.165) is 0 Å². The Morgan fingerprint density at radius 2 is 2.38 bits per heavy atom. The topological polar surface area (TPSA) is 0 Å². The molecule has 0 atom stereocenters. The maximum absolute atomic E-state index is 2.22. The van der Waals surface area contributed by atoms with E-state index in [1.807, 2.05) is 0 Å². The van der Waals surface area contributed by atoms with Crippen molar-refractivity contribution in [1.82, 2.24) is 0 Å². The van der Waals surface area contributed by atoms with Crippen LogP contribution in [0.4, 0.5) is 0 Å². The summed E-state index contributed by atoms with van der Waals surface area (Å²) >= 11 is 0. The molecule has 0 aliphatic carbocycles. The molecular formula is C6H9PSc-2. The average Bonchev–Trinajstić information content (AvgIpc) is 1.87. The Hall–Kier alpha value is 0.650. The van der Waals surface area contributed by atoms with Crippen LogP contribution in [0.2, 0.25) is 0 Å². The SMILES string of the molecule is Cc1cp[c-](C)c1.[H-].[Sc]. The molecule has 0 spiro atoms. The van der Waals surface area contributed by atoms with Gasteiger partial charge >= 0.3 is 0 Å². The normalized spacial score (nSPS) is 9.25. The van der Waals surface area contributed by atoms with Gasteiger partial charge in [0.2, 0.25) is 0 Å². The van der Waals surface area contributed by atoms with E-state index in [0.29, 0.717) is 0 Å². The molecule has 0 saturated carbocycles. The minimum absolute atomic E-state index is 0. The Kier molecular flexibility index (Phi) is 3.93. The van der Waals surface area contributed by atoms with Gasteiger partial charge in [0.25, 0.3) is 0 Å². The minimum Gasteiger partial charge on any atom is -1.00 e. The fourth-order valence-electron chi connectivity index (χ4n) is 0.608. The predicted octanol–water partition coefficient (Wildman–Crippen LogP) is 2.71. The zero-order valence-corrected chi connectivity index (χ0v) is 7.88. The van der Waals surface area contributed by atoms with Gasteiger partial charge in [-0.25, -0.2) is 8.19 Å². The molecule has 8 heavy (non-hydrogen) atoms. The summed E-state index contributed by atoms with van der Waals surface area (Å²) in [5, 5.41) is 1.46. The maximum Gasteiger partial charge on any atom is 0 e. The van der Waals surface area contributed by atoms with Crippen molar-refractivity contribution in [3.05, 3.63) is 22.7 Å². The van der Waals surface area contributed by atoms with Crippen LogP contribution in [0, 0.1) is 13.8 Å².